The molecule has 0 spiro atoms. The topological polar surface area (TPSA) is 52.0 Å². The largest absolute Gasteiger partial charge is 0.330 e. The molecule has 2 heteroatoms. The highest BCUT2D eigenvalue weighted by molar-refractivity contribution is 4.83. The van der Waals surface area contributed by atoms with E-state index in [1.165, 1.54) is 51.4 Å². The van der Waals surface area contributed by atoms with Crippen LogP contribution in [0.2, 0.25) is 0 Å². The van der Waals surface area contributed by atoms with Crippen molar-refractivity contribution in [3.05, 3.63) is 0 Å². The Kier molecular flexibility index (Phi) is 4.04. The van der Waals surface area contributed by atoms with Crippen molar-refractivity contribution < 1.29 is 0 Å². The highest BCUT2D eigenvalue weighted by Gasteiger charge is 2.30. The molecule has 2 nitrogen and oxygen atoms in total. The van der Waals surface area contributed by atoms with Crippen LogP contribution < -0.4 is 11.5 Å². The SMILES string of the molecule is NCC1CCCC(C2CCC(N)CC2)C1. The fraction of sp³-hybridized carbons (Fsp3) is 1.00. The molecule has 0 bridgehead atoms. The van der Waals surface area contributed by atoms with Gasteiger partial charge in [-0.25, -0.2) is 0 Å². The summed E-state index contributed by atoms with van der Waals surface area (Å²) in [5, 5.41) is 0. The molecule has 0 aliphatic heterocycles. The molecule has 2 fully saturated rings. The van der Waals surface area contributed by atoms with E-state index in [0.717, 1.165) is 24.3 Å². The van der Waals surface area contributed by atoms with Gasteiger partial charge in [-0.1, -0.05) is 12.8 Å². The molecule has 0 aromatic rings. The highest BCUT2D eigenvalue weighted by atomic mass is 14.6. The summed E-state index contributed by atoms with van der Waals surface area (Å²) in [6.45, 7) is 0.905. The van der Waals surface area contributed by atoms with Crippen molar-refractivity contribution in [1.82, 2.24) is 0 Å². The Labute approximate surface area is 93.8 Å². The van der Waals surface area contributed by atoms with Crippen molar-refractivity contribution >= 4 is 0 Å². The van der Waals surface area contributed by atoms with Gasteiger partial charge in [0.15, 0.2) is 0 Å². The molecule has 4 N–H and O–H groups in total. The van der Waals surface area contributed by atoms with Gasteiger partial charge >= 0.3 is 0 Å². The molecule has 0 amide bonds. The van der Waals surface area contributed by atoms with Crippen molar-refractivity contribution in [3.63, 3.8) is 0 Å². The van der Waals surface area contributed by atoms with Crippen molar-refractivity contribution in [3.8, 4) is 0 Å². The molecular formula is C13H26N2. The van der Waals surface area contributed by atoms with E-state index < -0.39 is 0 Å². The number of hydrogen-bond donors (Lipinski definition) is 2. The Balaban J connectivity index is 1.82. The fourth-order valence-electron chi connectivity index (χ4n) is 3.59. The third kappa shape index (κ3) is 2.94. The lowest BCUT2D eigenvalue weighted by Gasteiger charge is -2.37. The zero-order valence-corrected chi connectivity index (χ0v) is 9.83. The van der Waals surface area contributed by atoms with E-state index in [4.69, 9.17) is 11.5 Å². The van der Waals surface area contributed by atoms with Gasteiger partial charge in [-0.3, -0.25) is 0 Å². The average molecular weight is 210 g/mol. The summed E-state index contributed by atoms with van der Waals surface area (Å²) >= 11 is 0. The Morgan fingerprint density at radius 3 is 2.27 bits per heavy atom. The Bertz CT molecular complexity index is 185. The molecule has 15 heavy (non-hydrogen) atoms. The third-order valence-corrected chi connectivity index (χ3v) is 4.64. The molecule has 2 aliphatic rings. The molecule has 2 aliphatic carbocycles. The quantitative estimate of drug-likeness (QED) is 0.734. The van der Waals surface area contributed by atoms with Crippen LogP contribution in [0.3, 0.4) is 0 Å². The lowest BCUT2D eigenvalue weighted by atomic mass is 9.70. The maximum absolute atomic E-state index is 5.96. The lowest BCUT2D eigenvalue weighted by molar-refractivity contribution is 0.156. The first-order chi connectivity index (χ1) is 7.29. The third-order valence-electron chi connectivity index (χ3n) is 4.64. The van der Waals surface area contributed by atoms with Crippen LogP contribution in [-0.4, -0.2) is 12.6 Å². The lowest BCUT2D eigenvalue weighted by Crippen LogP contribution is -2.32. The molecule has 0 radical (unpaired) electrons. The number of rotatable bonds is 2. The van der Waals surface area contributed by atoms with E-state index in [9.17, 15) is 0 Å². The summed E-state index contributed by atoms with van der Waals surface area (Å²) < 4.78 is 0. The predicted octanol–water partition coefficient (Wildman–Crippen LogP) is 2.27. The van der Waals surface area contributed by atoms with Crippen LogP contribution in [-0.2, 0) is 0 Å². The summed E-state index contributed by atoms with van der Waals surface area (Å²) in [5.74, 6) is 2.76. The van der Waals surface area contributed by atoms with E-state index in [1.54, 1.807) is 0 Å². The monoisotopic (exact) mass is 210 g/mol. The minimum Gasteiger partial charge on any atom is -0.330 e. The summed E-state index contributed by atoms with van der Waals surface area (Å²) in [6.07, 6.45) is 10.9. The van der Waals surface area contributed by atoms with Gasteiger partial charge in [0.2, 0.25) is 0 Å². The minimum absolute atomic E-state index is 0.496. The molecular weight excluding hydrogens is 184 g/mol. The fourth-order valence-corrected chi connectivity index (χ4v) is 3.59. The molecule has 0 aromatic heterocycles. The zero-order valence-electron chi connectivity index (χ0n) is 9.83. The Morgan fingerprint density at radius 2 is 1.60 bits per heavy atom. The van der Waals surface area contributed by atoms with Crippen LogP contribution in [0.25, 0.3) is 0 Å². The van der Waals surface area contributed by atoms with Crippen LogP contribution in [0.1, 0.15) is 51.4 Å². The maximum atomic E-state index is 5.96. The van der Waals surface area contributed by atoms with E-state index >= 15 is 0 Å². The number of nitrogens with two attached hydrogens (primary N) is 2. The minimum atomic E-state index is 0.496. The first-order valence-corrected chi connectivity index (χ1v) is 6.75. The van der Waals surface area contributed by atoms with Gasteiger partial charge in [0.25, 0.3) is 0 Å². The van der Waals surface area contributed by atoms with Crippen LogP contribution >= 0.6 is 0 Å². The zero-order chi connectivity index (χ0) is 10.7. The van der Waals surface area contributed by atoms with Crippen LogP contribution in [0.15, 0.2) is 0 Å². The van der Waals surface area contributed by atoms with Crippen molar-refractivity contribution in [2.24, 2.45) is 29.2 Å². The summed E-state index contributed by atoms with van der Waals surface area (Å²) in [6, 6.07) is 0.496. The Morgan fingerprint density at radius 1 is 0.867 bits per heavy atom. The van der Waals surface area contributed by atoms with E-state index in [1.807, 2.05) is 0 Å². The molecule has 0 saturated heterocycles. The standard InChI is InChI=1S/C13H26N2/c14-9-10-2-1-3-12(8-10)11-4-6-13(15)7-5-11/h10-13H,1-9,14-15H2. The molecule has 2 unspecified atom stereocenters. The van der Waals surface area contributed by atoms with Crippen molar-refractivity contribution in [2.75, 3.05) is 6.54 Å². The molecule has 0 heterocycles. The van der Waals surface area contributed by atoms with Gasteiger partial charge in [-0.05, 0) is 62.8 Å². The number of hydrogen-bond acceptors (Lipinski definition) is 2. The van der Waals surface area contributed by atoms with Gasteiger partial charge in [0.1, 0.15) is 0 Å². The normalized spacial score (nSPS) is 42.8. The van der Waals surface area contributed by atoms with E-state index in [0.29, 0.717) is 6.04 Å². The highest BCUT2D eigenvalue weighted by Crippen LogP contribution is 2.39. The average Bonchev–Trinajstić information content (AvgIpc) is 2.30. The van der Waals surface area contributed by atoms with Crippen LogP contribution in [0.5, 0.6) is 0 Å². The van der Waals surface area contributed by atoms with Crippen molar-refractivity contribution in [1.29, 1.82) is 0 Å². The molecule has 88 valence electrons. The second kappa shape index (κ2) is 5.31. The molecule has 2 saturated carbocycles. The molecule has 2 atom stereocenters. The predicted molar refractivity (Wildman–Crippen MR) is 64.4 cm³/mol. The molecule has 2 rings (SSSR count). The molecule has 0 aromatic carbocycles. The Hall–Kier alpha value is -0.0800. The van der Waals surface area contributed by atoms with Gasteiger partial charge in [-0.15, -0.1) is 0 Å². The van der Waals surface area contributed by atoms with Gasteiger partial charge in [-0.2, -0.15) is 0 Å². The first-order valence-electron chi connectivity index (χ1n) is 6.75. The van der Waals surface area contributed by atoms with Crippen molar-refractivity contribution in [2.45, 2.75) is 57.4 Å². The summed E-state index contributed by atoms with van der Waals surface area (Å²) in [4.78, 5) is 0. The first kappa shape index (κ1) is 11.4. The second-order valence-electron chi connectivity index (χ2n) is 5.70. The van der Waals surface area contributed by atoms with Crippen LogP contribution in [0, 0.1) is 17.8 Å². The van der Waals surface area contributed by atoms with Gasteiger partial charge < -0.3 is 11.5 Å². The van der Waals surface area contributed by atoms with E-state index in [2.05, 4.69) is 0 Å². The summed E-state index contributed by atoms with van der Waals surface area (Å²) in [5.41, 5.74) is 11.8. The van der Waals surface area contributed by atoms with Gasteiger partial charge in [0, 0.05) is 6.04 Å². The summed E-state index contributed by atoms with van der Waals surface area (Å²) in [7, 11) is 0. The maximum Gasteiger partial charge on any atom is 0.00390 e. The van der Waals surface area contributed by atoms with Crippen LogP contribution in [0.4, 0.5) is 0 Å². The van der Waals surface area contributed by atoms with E-state index in [-0.39, 0.29) is 0 Å². The smallest absolute Gasteiger partial charge is 0.00390 e. The van der Waals surface area contributed by atoms with Gasteiger partial charge in [0.05, 0.1) is 0 Å². The second-order valence-corrected chi connectivity index (χ2v) is 5.70.